The van der Waals surface area contributed by atoms with Gasteiger partial charge in [0.15, 0.2) is 0 Å². The van der Waals surface area contributed by atoms with Crippen LogP contribution in [-0.4, -0.2) is 26.1 Å². The van der Waals surface area contributed by atoms with Crippen molar-refractivity contribution in [3.8, 4) is 0 Å². The Morgan fingerprint density at radius 3 is 2.70 bits per heavy atom. The second-order valence-electron chi connectivity index (χ2n) is 4.09. The highest BCUT2D eigenvalue weighted by Gasteiger charge is 2.19. The van der Waals surface area contributed by atoms with Gasteiger partial charge in [-0.05, 0) is 24.3 Å². The molecule has 0 aliphatic carbocycles. The topological polar surface area (TPSA) is 76.4 Å². The minimum atomic E-state index is -0.757. The second kappa shape index (κ2) is 4.93. The summed E-state index contributed by atoms with van der Waals surface area (Å²) in [7, 11) is 0. The van der Waals surface area contributed by atoms with Crippen LogP contribution in [0.15, 0.2) is 55.0 Å². The molecule has 0 unspecified atom stereocenters. The zero-order valence-electron chi connectivity index (χ0n) is 10.4. The molecule has 3 heterocycles. The molecule has 0 saturated carbocycles. The molecule has 6 nitrogen and oxygen atoms in total. The van der Waals surface area contributed by atoms with Gasteiger partial charge in [-0.25, -0.2) is 9.97 Å². The smallest absolute Gasteiger partial charge is 0.299 e. The summed E-state index contributed by atoms with van der Waals surface area (Å²) < 4.78 is 1.68. The molecule has 98 valence electrons. The summed E-state index contributed by atoms with van der Waals surface area (Å²) in [5.74, 6) is -1.12. The van der Waals surface area contributed by atoms with E-state index in [1.165, 1.54) is 12.4 Å². The van der Waals surface area contributed by atoms with Crippen LogP contribution in [0.25, 0.3) is 5.65 Å². The Hall–Kier alpha value is -3.02. The lowest BCUT2D eigenvalue weighted by atomic mass is 10.3. The molecule has 0 aliphatic heterocycles. The van der Waals surface area contributed by atoms with Gasteiger partial charge < -0.3 is 9.72 Å². The van der Waals surface area contributed by atoms with E-state index in [4.69, 9.17) is 0 Å². The molecule has 6 heteroatoms. The number of ketones is 1. The summed E-state index contributed by atoms with van der Waals surface area (Å²) in [4.78, 5) is 31.9. The Morgan fingerprint density at radius 1 is 1.10 bits per heavy atom. The maximum atomic E-state index is 12.0. The third kappa shape index (κ3) is 2.26. The lowest BCUT2D eigenvalue weighted by Crippen LogP contribution is -2.23. The molecule has 20 heavy (non-hydrogen) atoms. The van der Waals surface area contributed by atoms with Crippen molar-refractivity contribution in [2.75, 3.05) is 5.32 Å². The van der Waals surface area contributed by atoms with E-state index < -0.39 is 11.7 Å². The van der Waals surface area contributed by atoms with E-state index in [9.17, 15) is 9.59 Å². The first-order valence-corrected chi connectivity index (χ1v) is 5.94. The lowest BCUT2D eigenvalue weighted by molar-refractivity contribution is -0.112. The molecule has 0 spiro atoms. The number of imidazole rings is 1. The molecule has 0 fully saturated rings. The van der Waals surface area contributed by atoms with E-state index in [0.717, 1.165) is 0 Å². The number of pyridine rings is 2. The van der Waals surface area contributed by atoms with E-state index in [0.29, 0.717) is 11.5 Å². The Bertz CT molecular complexity index is 747. The van der Waals surface area contributed by atoms with E-state index in [1.54, 1.807) is 34.9 Å². The number of aromatic nitrogens is 3. The largest absolute Gasteiger partial charge is 0.306 e. The van der Waals surface area contributed by atoms with E-state index in [-0.39, 0.29) is 5.69 Å². The van der Waals surface area contributed by atoms with Crippen molar-refractivity contribution >= 4 is 23.2 Å². The van der Waals surface area contributed by atoms with Crippen LogP contribution < -0.4 is 5.32 Å². The fourth-order valence-electron chi connectivity index (χ4n) is 1.77. The number of Topliss-reactive ketones (excluding diaryl/α,β-unsaturated/α-hetero) is 1. The highest BCUT2D eigenvalue weighted by atomic mass is 16.2. The number of hydrogen-bond acceptors (Lipinski definition) is 4. The first-order chi connectivity index (χ1) is 9.74. The maximum Gasteiger partial charge on any atom is 0.299 e. The third-order valence-corrected chi connectivity index (χ3v) is 2.71. The van der Waals surface area contributed by atoms with Gasteiger partial charge in [0.1, 0.15) is 17.2 Å². The molecule has 0 aliphatic rings. The van der Waals surface area contributed by atoms with E-state index in [2.05, 4.69) is 15.3 Å². The number of rotatable bonds is 3. The van der Waals surface area contributed by atoms with Crippen LogP contribution in [0.2, 0.25) is 0 Å². The Kier molecular flexibility index (Phi) is 2.96. The summed E-state index contributed by atoms with van der Waals surface area (Å²) in [5, 5.41) is 2.44. The second-order valence-corrected chi connectivity index (χ2v) is 4.09. The van der Waals surface area contributed by atoms with Gasteiger partial charge in [-0.2, -0.15) is 0 Å². The number of amides is 1. The molecule has 3 aromatic rings. The van der Waals surface area contributed by atoms with Gasteiger partial charge in [0.25, 0.3) is 11.7 Å². The van der Waals surface area contributed by atoms with Crippen LogP contribution in [0.3, 0.4) is 0 Å². The number of anilines is 1. The molecule has 0 bridgehead atoms. The predicted octanol–water partition coefficient (Wildman–Crippen LogP) is 1.55. The van der Waals surface area contributed by atoms with Crippen LogP contribution in [0.4, 0.5) is 5.82 Å². The zero-order valence-corrected chi connectivity index (χ0v) is 10.4. The fourth-order valence-corrected chi connectivity index (χ4v) is 1.77. The van der Waals surface area contributed by atoms with Crippen molar-refractivity contribution in [3.05, 3.63) is 60.7 Å². The van der Waals surface area contributed by atoms with Gasteiger partial charge in [-0.3, -0.25) is 9.59 Å². The first kappa shape index (κ1) is 12.0. The minimum absolute atomic E-state index is 0.102. The molecule has 0 saturated heterocycles. The van der Waals surface area contributed by atoms with Crippen LogP contribution in [0.5, 0.6) is 0 Å². The molecular weight excluding hydrogens is 256 g/mol. The molecule has 1 amide bonds. The average molecular weight is 266 g/mol. The van der Waals surface area contributed by atoms with Gasteiger partial charge in [-0.15, -0.1) is 0 Å². The van der Waals surface area contributed by atoms with Gasteiger partial charge in [0, 0.05) is 18.6 Å². The van der Waals surface area contributed by atoms with Gasteiger partial charge in [0.2, 0.25) is 0 Å². The number of nitrogens with one attached hydrogen (secondary N) is 1. The third-order valence-electron chi connectivity index (χ3n) is 2.71. The monoisotopic (exact) mass is 266 g/mol. The zero-order chi connectivity index (χ0) is 13.9. The van der Waals surface area contributed by atoms with Crippen molar-refractivity contribution in [3.63, 3.8) is 0 Å². The normalized spacial score (nSPS) is 10.4. The van der Waals surface area contributed by atoms with Crippen LogP contribution in [0.1, 0.15) is 10.5 Å². The van der Waals surface area contributed by atoms with Crippen LogP contribution in [0, 0.1) is 0 Å². The minimum Gasteiger partial charge on any atom is -0.306 e. The Labute approximate surface area is 114 Å². The Balaban J connectivity index is 1.83. The van der Waals surface area contributed by atoms with Gasteiger partial charge in [-0.1, -0.05) is 12.1 Å². The van der Waals surface area contributed by atoms with E-state index in [1.807, 2.05) is 12.1 Å². The predicted molar refractivity (Wildman–Crippen MR) is 72.4 cm³/mol. The SMILES string of the molecule is O=C(Nc1ccccn1)C(=O)c1cn2ccccc2n1. The van der Waals surface area contributed by atoms with Crippen molar-refractivity contribution in [2.45, 2.75) is 0 Å². The summed E-state index contributed by atoms with van der Waals surface area (Å²) in [6.45, 7) is 0. The molecule has 0 radical (unpaired) electrons. The highest BCUT2D eigenvalue weighted by molar-refractivity contribution is 6.46. The van der Waals surface area contributed by atoms with Crippen molar-refractivity contribution in [1.29, 1.82) is 0 Å². The number of carbonyl (C=O) groups excluding carboxylic acids is 2. The van der Waals surface area contributed by atoms with Crippen molar-refractivity contribution in [1.82, 2.24) is 14.4 Å². The maximum absolute atomic E-state index is 12.0. The van der Waals surface area contributed by atoms with Gasteiger partial charge >= 0.3 is 0 Å². The molecule has 0 aromatic carbocycles. The molecule has 0 atom stereocenters. The number of nitrogens with zero attached hydrogens (tertiary/aromatic N) is 3. The van der Waals surface area contributed by atoms with E-state index >= 15 is 0 Å². The Morgan fingerprint density at radius 2 is 1.95 bits per heavy atom. The number of hydrogen-bond donors (Lipinski definition) is 1. The summed E-state index contributed by atoms with van der Waals surface area (Å²) in [6, 6.07) is 10.4. The van der Waals surface area contributed by atoms with Crippen LogP contribution in [-0.2, 0) is 4.79 Å². The van der Waals surface area contributed by atoms with Gasteiger partial charge in [0.05, 0.1) is 0 Å². The molecule has 1 N–H and O–H groups in total. The quantitative estimate of drug-likeness (QED) is 0.576. The summed E-state index contributed by atoms with van der Waals surface area (Å²) >= 11 is 0. The standard InChI is InChI=1S/C14H10N4O2/c19-13(14(20)17-11-5-1-3-7-15-11)10-9-18-8-4-2-6-12(18)16-10/h1-9H,(H,15,17,20). The summed E-state index contributed by atoms with van der Waals surface area (Å²) in [6.07, 6.45) is 4.82. The average Bonchev–Trinajstić information content (AvgIpc) is 2.91. The fraction of sp³-hybridized carbons (Fsp3) is 0. The van der Waals surface area contributed by atoms with Crippen molar-refractivity contribution in [2.24, 2.45) is 0 Å². The summed E-state index contributed by atoms with van der Waals surface area (Å²) in [5.41, 5.74) is 0.714. The highest BCUT2D eigenvalue weighted by Crippen LogP contribution is 2.07. The lowest BCUT2D eigenvalue weighted by Gasteiger charge is -2.00. The molecule has 3 rings (SSSR count). The number of carbonyl (C=O) groups is 2. The van der Waals surface area contributed by atoms with Crippen molar-refractivity contribution < 1.29 is 9.59 Å². The number of fused-ring (bicyclic) bond motifs is 1. The first-order valence-electron chi connectivity index (χ1n) is 5.94. The molecule has 3 aromatic heterocycles. The van der Waals surface area contributed by atoms with Crippen LogP contribution >= 0.6 is 0 Å². The molecular formula is C14H10N4O2.